The second kappa shape index (κ2) is 6.79. The van der Waals surface area contributed by atoms with E-state index in [-0.39, 0.29) is 6.04 Å². The number of thiophene rings is 1. The van der Waals surface area contributed by atoms with Gasteiger partial charge in [-0.2, -0.15) is 16.3 Å². The zero-order valence-electron chi connectivity index (χ0n) is 11.4. The van der Waals surface area contributed by atoms with Gasteiger partial charge in [0.05, 0.1) is 12.5 Å². The molecule has 0 aliphatic rings. The van der Waals surface area contributed by atoms with E-state index in [0.29, 0.717) is 18.1 Å². The van der Waals surface area contributed by atoms with Gasteiger partial charge in [-0.15, -0.1) is 0 Å². The van der Waals surface area contributed by atoms with Crippen LogP contribution in [0, 0.1) is 0 Å². The number of nitrogens with two attached hydrogens (primary N) is 1. The van der Waals surface area contributed by atoms with Crippen LogP contribution in [0.15, 0.2) is 21.3 Å². The Bertz CT molecular complexity index is 479. The van der Waals surface area contributed by atoms with Gasteiger partial charge in [0, 0.05) is 6.54 Å². The number of hydrogen-bond donors (Lipinski definition) is 1. The minimum atomic E-state index is -0.195. The number of nitrogens with zero attached hydrogens (tertiary/aromatic N) is 3. The van der Waals surface area contributed by atoms with Gasteiger partial charge in [-0.05, 0) is 35.5 Å². The summed E-state index contributed by atoms with van der Waals surface area (Å²) in [5, 5.41) is 8.11. The fourth-order valence-electron chi connectivity index (χ4n) is 1.90. The lowest BCUT2D eigenvalue weighted by Gasteiger charge is -2.20. The van der Waals surface area contributed by atoms with Crippen LogP contribution in [0.2, 0.25) is 0 Å². The highest BCUT2D eigenvalue weighted by molar-refractivity contribution is 7.07. The lowest BCUT2D eigenvalue weighted by Crippen LogP contribution is -2.32. The van der Waals surface area contributed by atoms with Crippen LogP contribution in [0.25, 0.3) is 0 Å². The van der Waals surface area contributed by atoms with E-state index in [1.807, 2.05) is 5.38 Å². The Kier molecular flexibility index (Phi) is 5.07. The molecule has 19 heavy (non-hydrogen) atoms. The van der Waals surface area contributed by atoms with Crippen molar-refractivity contribution in [1.82, 2.24) is 15.0 Å². The number of likely N-dealkylation sites (N-methyl/N-ethyl adjacent to an activating group) is 1. The van der Waals surface area contributed by atoms with Crippen molar-refractivity contribution in [2.24, 2.45) is 5.73 Å². The van der Waals surface area contributed by atoms with Gasteiger partial charge in [-0.1, -0.05) is 19.0 Å². The Labute approximate surface area is 117 Å². The fraction of sp³-hybridized carbons (Fsp3) is 0.538. The van der Waals surface area contributed by atoms with Gasteiger partial charge in [0.1, 0.15) is 0 Å². The van der Waals surface area contributed by atoms with Crippen molar-refractivity contribution >= 4 is 11.3 Å². The quantitative estimate of drug-likeness (QED) is 0.841. The average Bonchev–Trinajstić information content (AvgIpc) is 3.07. The van der Waals surface area contributed by atoms with Crippen LogP contribution < -0.4 is 5.73 Å². The standard InChI is InChI=1S/C13H20N4OS/c1-3-17(4-2)8-11(14)13-15-12(18-16-13)7-10-5-6-19-9-10/h5-6,9,11H,3-4,7-8,14H2,1-2H3. The SMILES string of the molecule is CCN(CC)CC(N)c1noc(Cc2ccsc2)n1. The predicted molar refractivity (Wildman–Crippen MR) is 76.1 cm³/mol. The zero-order chi connectivity index (χ0) is 13.7. The lowest BCUT2D eigenvalue weighted by molar-refractivity contribution is 0.277. The molecule has 2 aromatic heterocycles. The van der Waals surface area contributed by atoms with E-state index in [1.165, 1.54) is 5.56 Å². The summed E-state index contributed by atoms with van der Waals surface area (Å²) >= 11 is 1.67. The van der Waals surface area contributed by atoms with Gasteiger partial charge in [-0.3, -0.25) is 0 Å². The monoisotopic (exact) mass is 280 g/mol. The van der Waals surface area contributed by atoms with Gasteiger partial charge < -0.3 is 15.2 Å². The first-order valence-electron chi connectivity index (χ1n) is 6.54. The van der Waals surface area contributed by atoms with Crippen molar-refractivity contribution in [3.63, 3.8) is 0 Å². The summed E-state index contributed by atoms with van der Waals surface area (Å²) in [6.07, 6.45) is 0.675. The summed E-state index contributed by atoms with van der Waals surface area (Å²) < 4.78 is 5.25. The molecule has 2 rings (SSSR count). The topological polar surface area (TPSA) is 68.2 Å². The van der Waals surface area contributed by atoms with Crippen LogP contribution in [0.1, 0.15) is 37.2 Å². The molecule has 0 saturated heterocycles. The summed E-state index contributed by atoms with van der Waals surface area (Å²) in [5.41, 5.74) is 7.30. The van der Waals surface area contributed by atoms with E-state index >= 15 is 0 Å². The first-order chi connectivity index (χ1) is 9.22. The third-order valence-electron chi connectivity index (χ3n) is 3.10. The van der Waals surface area contributed by atoms with E-state index < -0.39 is 0 Å². The molecule has 2 aromatic rings. The highest BCUT2D eigenvalue weighted by Gasteiger charge is 2.16. The molecular formula is C13H20N4OS. The molecule has 0 aromatic carbocycles. The molecule has 1 unspecified atom stereocenters. The van der Waals surface area contributed by atoms with Crippen LogP contribution >= 0.6 is 11.3 Å². The maximum absolute atomic E-state index is 6.11. The minimum absolute atomic E-state index is 0.195. The number of hydrogen-bond acceptors (Lipinski definition) is 6. The third-order valence-corrected chi connectivity index (χ3v) is 3.83. The van der Waals surface area contributed by atoms with Crippen molar-refractivity contribution in [2.75, 3.05) is 19.6 Å². The van der Waals surface area contributed by atoms with E-state index in [4.69, 9.17) is 10.3 Å². The van der Waals surface area contributed by atoms with Crippen molar-refractivity contribution in [2.45, 2.75) is 26.3 Å². The molecule has 0 aliphatic carbocycles. The van der Waals surface area contributed by atoms with Gasteiger partial charge >= 0.3 is 0 Å². The molecule has 104 valence electrons. The summed E-state index contributed by atoms with van der Waals surface area (Å²) in [6, 6.07) is 1.87. The van der Waals surface area contributed by atoms with Crippen molar-refractivity contribution in [3.05, 3.63) is 34.1 Å². The fourth-order valence-corrected chi connectivity index (χ4v) is 2.57. The smallest absolute Gasteiger partial charge is 0.231 e. The molecule has 5 nitrogen and oxygen atoms in total. The van der Waals surface area contributed by atoms with Crippen LogP contribution in [-0.4, -0.2) is 34.7 Å². The van der Waals surface area contributed by atoms with Crippen LogP contribution in [0.5, 0.6) is 0 Å². The summed E-state index contributed by atoms with van der Waals surface area (Å²) in [7, 11) is 0. The largest absolute Gasteiger partial charge is 0.339 e. The summed E-state index contributed by atoms with van der Waals surface area (Å²) in [4.78, 5) is 6.63. The molecule has 0 spiro atoms. The van der Waals surface area contributed by atoms with E-state index in [0.717, 1.165) is 19.6 Å². The Hall–Kier alpha value is -1.24. The third kappa shape index (κ3) is 3.86. The molecular weight excluding hydrogens is 260 g/mol. The number of aromatic nitrogens is 2. The average molecular weight is 280 g/mol. The van der Waals surface area contributed by atoms with Crippen molar-refractivity contribution in [1.29, 1.82) is 0 Å². The Morgan fingerprint density at radius 1 is 1.42 bits per heavy atom. The molecule has 0 fully saturated rings. The second-order valence-corrected chi connectivity index (χ2v) is 5.23. The first kappa shape index (κ1) is 14.2. The van der Waals surface area contributed by atoms with Crippen LogP contribution in [0.3, 0.4) is 0 Å². The molecule has 0 saturated carbocycles. The summed E-state index contributed by atoms with van der Waals surface area (Å²) in [6.45, 7) is 6.95. The molecule has 6 heteroatoms. The first-order valence-corrected chi connectivity index (χ1v) is 7.48. The Morgan fingerprint density at radius 2 is 2.21 bits per heavy atom. The van der Waals surface area contributed by atoms with E-state index in [9.17, 15) is 0 Å². The van der Waals surface area contributed by atoms with E-state index in [1.54, 1.807) is 11.3 Å². The van der Waals surface area contributed by atoms with Gasteiger partial charge in [-0.25, -0.2) is 0 Å². The van der Waals surface area contributed by atoms with Crippen molar-refractivity contribution in [3.8, 4) is 0 Å². The van der Waals surface area contributed by atoms with Crippen LogP contribution in [0.4, 0.5) is 0 Å². The molecule has 0 radical (unpaired) electrons. The maximum Gasteiger partial charge on any atom is 0.231 e. The lowest BCUT2D eigenvalue weighted by atomic mass is 10.2. The maximum atomic E-state index is 6.11. The Balaban J connectivity index is 1.96. The molecule has 0 aliphatic heterocycles. The van der Waals surface area contributed by atoms with Gasteiger partial charge in [0.15, 0.2) is 5.82 Å². The van der Waals surface area contributed by atoms with Gasteiger partial charge in [0.25, 0.3) is 0 Å². The molecule has 2 N–H and O–H groups in total. The molecule has 1 atom stereocenters. The van der Waals surface area contributed by atoms with Gasteiger partial charge in [0.2, 0.25) is 5.89 Å². The minimum Gasteiger partial charge on any atom is -0.339 e. The molecule has 2 heterocycles. The highest BCUT2D eigenvalue weighted by atomic mass is 32.1. The number of rotatable bonds is 7. The molecule has 0 bridgehead atoms. The zero-order valence-corrected chi connectivity index (χ0v) is 12.2. The normalized spacial score (nSPS) is 13.1. The highest BCUT2D eigenvalue weighted by Crippen LogP contribution is 2.13. The van der Waals surface area contributed by atoms with E-state index in [2.05, 4.69) is 40.3 Å². The second-order valence-electron chi connectivity index (χ2n) is 4.45. The predicted octanol–water partition coefficient (Wildman–Crippen LogP) is 2.06. The summed E-state index contributed by atoms with van der Waals surface area (Å²) in [5.74, 6) is 1.22. The molecule has 0 amide bonds. The van der Waals surface area contributed by atoms with Crippen molar-refractivity contribution < 1.29 is 4.52 Å². The van der Waals surface area contributed by atoms with Crippen LogP contribution in [-0.2, 0) is 6.42 Å². The Morgan fingerprint density at radius 3 is 2.84 bits per heavy atom.